The third-order valence-corrected chi connectivity index (χ3v) is 4.05. The second kappa shape index (κ2) is 6.69. The Morgan fingerprint density at radius 3 is 2.84 bits per heavy atom. The maximum atomic E-state index is 5.39. The van der Waals surface area contributed by atoms with Gasteiger partial charge in [0.2, 0.25) is 0 Å². The van der Waals surface area contributed by atoms with Crippen molar-refractivity contribution in [2.24, 2.45) is 5.84 Å². The first kappa shape index (κ1) is 14.0. The molecule has 4 N–H and O–H groups in total. The van der Waals surface area contributed by atoms with Gasteiger partial charge in [-0.2, -0.15) is 0 Å². The minimum atomic E-state index is 0.335. The summed E-state index contributed by atoms with van der Waals surface area (Å²) in [5.41, 5.74) is 2.54. The van der Waals surface area contributed by atoms with Gasteiger partial charge in [-0.3, -0.25) is 0 Å². The van der Waals surface area contributed by atoms with Crippen LogP contribution in [0.1, 0.15) is 17.8 Å². The Balaban J connectivity index is 2.02. The van der Waals surface area contributed by atoms with Crippen LogP contribution >= 0.6 is 23.1 Å². The largest absolute Gasteiger partial charge is 0.369 e. The Hall–Kier alpha value is -1.38. The molecule has 0 aromatic carbocycles. The molecule has 0 amide bonds. The summed E-state index contributed by atoms with van der Waals surface area (Å²) in [6, 6.07) is 1.79. The molecule has 0 bridgehead atoms. The van der Waals surface area contributed by atoms with Gasteiger partial charge in [0, 0.05) is 30.1 Å². The lowest BCUT2D eigenvalue weighted by atomic mass is 10.2. The van der Waals surface area contributed by atoms with Crippen LogP contribution < -0.4 is 16.6 Å². The number of thioether (sulfide) groups is 1. The molecule has 102 valence electrons. The Kier molecular flexibility index (Phi) is 4.94. The summed E-state index contributed by atoms with van der Waals surface area (Å²) in [6.45, 7) is 2.90. The van der Waals surface area contributed by atoms with Gasteiger partial charge in [0.25, 0.3) is 0 Å². The van der Waals surface area contributed by atoms with Crippen molar-refractivity contribution in [2.75, 3.05) is 23.5 Å². The normalized spacial score (nSPS) is 12.2. The van der Waals surface area contributed by atoms with E-state index in [-0.39, 0.29) is 0 Å². The summed E-state index contributed by atoms with van der Waals surface area (Å²) in [5.74, 6) is 7.09. The van der Waals surface area contributed by atoms with Crippen molar-refractivity contribution in [2.45, 2.75) is 18.0 Å². The van der Waals surface area contributed by atoms with E-state index in [0.29, 0.717) is 16.9 Å². The molecule has 1 unspecified atom stereocenters. The number of hydrogen-bond donors (Lipinski definition) is 3. The number of nitrogens with one attached hydrogen (secondary N) is 2. The number of aromatic nitrogens is 3. The van der Waals surface area contributed by atoms with Crippen LogP contribution in [0.5, 0.6) is 0 Å². The van der Waals surface area contributed by atoms with Crippen molar-refractivity contribution in [1.29, 1.82) is 0 Å². The molecule has 8 heteroatoms. The molecule has 1 atom stereocenters. The van der Waals surface area contributed by atoms with Crippen LogP contribution in [0.4, 0.5) is 11.6 Å². The minimum absolute atomic E-state index is 0.335. The third-order valence-electron chi connectivity index (χ3n) is 2.50. The summed E-state index contributed by atoms with van der Waals surface area (Å²) in [7, 11) is 0. The molecule has 0 radical (unpaired) electrons. The number of hydrazine groups is 1. The average Bonchev–Trinajstić information content (AvgIpc) is 2.98. The minimum Gasteiger partial charge on any atom is -0.369 e. The highest BCUT2D eigenvalue weighted by molar-refractivity contribution is 7.98. The Morgan fingerprint density at radius 2 is 2.21 bits per heavy atom. The van der Waals surface area contributed by atoms with Crippen molar-refractivity contribution >= 4 is 34.7 Å². The molecule has 2 aromatic rings. The molecule has 2 rings (SSSR count). The highest BCUT2D eigenvalue weighted by Crippen LogP contribution is 2.20. The topological polar surface area (TPSA) is 88.8 Å². The molecule has 0 saturated carbocycles. The first-order valence-electron chi connectivity index (χ1n) is 5.76. The molecular weight excluding hydrogens is 280 g/mol. The molecule has 0 aliphatic carbocycles. The molecule has 2 heterocycles. The second-order valence-electron chi connectivity index (χ2n) is 3.92. The number of nitrogen functional groups attached to an aromatic ring is 1. The van der Waals surface area contributed by atoms with E-state index < -0.39 is 0 Å². The fourth-order valence-corrected chi connectivity index (χ4v) is 2.58. The molecule has 0 saturated heterocycles. The Morgan fingerprint density at radius 1 is 1.42 bits per heavy atom. The fraction of sp³-hybridized carbons (Fsp3) is 0.364. The lowest BCUT2D eigenvalue weighted by molar-refractivity contribution is 0.788. The maximum Gasteiger partial charge on any atom is 0.191 e. The van der Waals surface area contributed by atoms with Crippen molar-refractivity contribution in [3.05, 3.63) is 22.7 Å². The van der Waals surface area contributed by atoms with Crippen molar-refractivity contribution in [3.8, 4) is 0 Å². The first-order valence-corrected chi connectivity index (χ1v) is 7.86. The van der Waals surface area contributed by atoms with Crippen LogP contribution in [0.15, 0.2) is 22.8 Å². The van der Waals surface area contributed by atoms with Crippen LogP contribution in [0.3, 0.4) is 0 Å². The number of nitrogens with two attached hydrogens (primary N) is 1. The van der Waals surface area contributed by atoms with E-state index in [1.54, 1.807) is 17.4 Å². The molecule has 19 heavy (non-hydrogen) atoms. The zero-order valence-electron chi connectivity index (χ0n) is 10.8. The van der Waals surface area contributed by atoms with Crippen molar-refractivity contribution < 1.29 is 0 Å². The van der Waals surface area contributed by atoms with Gasteiger partial charge in [0.1, 0.15) is 11.6 Å². The van der Waals surface area contributed by atoms with Crippen LogP contribution in [0.25, 0.3) is 0 Å². The lowest BCUT2D eigenvalue weighted by Gasteiger charge is -2.12. The van der Waals surface area contributed by atoms with Gasteiger partial charge < -0.3 is 10.7 Å². The molecule has 0 spiro atoms. The summed E-state index contributed by atoms with van der Waals surface area (Å²) in [5, 5.41) is 7.07. The number of thiazole rings is 1. The summed E-state index contributed by atoms with van der Waals surface area (Å²) in [4.78, 5) is 12.9. The van der Waals surface area contributed by atoms with Gasteiger partial charge in [-0.25, -0.2) is 20.8 Å². The van der Waals surface area contributed by atoms with Gasteiger partial charge in [0.05, 0.1) is 5.01 Å². The summed E-state index contributed by atoms with van der Waals surface area (Å²) < 4.78 is 0. The van der Waals surface area contributed by atoms with Crippen molar-refractivity contribution in [1.82, 2.24) is 15.0 Å². The van der Waals surface area contributed by atoms with E-state index in [4.69, 9.17) is 5.84 Å². The van der Waals surface area contributed by atoms with E-state index in [9.17, 15) is 0 Å². The zero-order chi connectivity index (χ0) is 13.7. The van der Waals surface area contributed by atoms with Crippen LogP contribution in [-0.4, -0.2) is 27.8 Å². The standard InChI is InChI=1S/C11H16N6S2/c1-7(10-13-3-4-19-10)6-14-8-5-9(17-12)16-11(15-8)18-2/h3-5,7H,6,12H2,1-2H3,(H2,14,15,16,17). The predicted molar refractivity (Wildman–Crippen MR) is 80.6 cm³/mol. The number of nitrogens with zero attached hydrogens (tertiary/aromatic N) is 3. The zero-order valence-corrected chi connectivity index (χ0v) is 12.4. The first-order chi connectivity index (χ1) is 9.22. The smallest absolute Gasteiger partial charge is 0.191 e. The fourth-order valence-electron chi connectivity index (χ4n) is 1.50. The summed E-state index contributed by atoms with van der Waals surface area (Å²) >= 11 is 3.14. The Bertz CT molecular complexity index is 494. The van der Waals surface area contributed by atoms with E-state index >= 15 is 0 Å². The average molecular weight is 296 g/mol. The van der Waals surface area contributed by atoms with Crippen LogP contribution in [-0.2, 0) is 0 Å². The highest BCUT2D eigenvalue weighted by Gasteiger charge is 2.09. The van der Waals surface area contributed by atoms with Crippen LogP contribution in [0, 0.1) is 0 Å². The van der Waals surface area contributed by atoms with E-state index in [2.05, 4.69) is 32.6 Å². The van der Waals surface area contributed by atoms with E-state index in [1.807, 2.05) is 17.8 Å². The quantitative estimate of drug-likeness (QED) is 0.326. The predicted octanol–water partition coefficient (Wildman–Crippen LogP) is 2.16. The number of anilines is 2. The van der Waals surface area contributed by atoms with Gasteiger partial charge in [-0.1, -0.05) is 18.7 Å². The highest BCUT2D eigenvalue weighted by atomic mass is 32.2. The molecule has 0 fully saturated rings. The lowest BCUT2D eigenvalue weighted by Crippen LogP contribution is -2.13. The summed E-state index contributed by atoms with van der Waals surface area (Å²) in [6.07, 6.45) is 3.75. The van der Waals surface area contributed by atoms with Gasteiger partial charge in [0.15, 0.2) is 5.16 Å². The number of hydrogen-bond acceptors (Lipinski definition) is 8. The monoisotopic (exact) mass is 296 g/mol. The van der Waals surface area contributed by atoms with E-state index in [1.165, 1.54) is 11.8 Å². The third kappa shape index (κ3) is 3.79. The molecule has 0 aliphatic rings. The van der Waals surface area contributed by atoms with Crippen LogP contribution in [0.2, 0.25) is 0 Å². The number of rotatable bonds is 6. The molecule has 2 aromatic heterocycles. The molecular formula is C11H16N6S2. The van der Waals surface area contributed by atoms with Crippen molar-refractivity contribution in [3.63, 3.8) is 0 Å². The van der Waals surface area contributed by atoms with Gasteiger partial charge >= 0.3 is 0 Å². The molecule has 6 nitrogen and oxygen atoms in total. The van der Waals surface area contributed by atoms with Gasteiger partial charge in [-0.15, -0.1) is 11.3 Å². The van der Waals surface area contributed by atoms with Gasteiger partial charge in [-0.05, 0) is 6.26 Å². The second-order valence-corrected chi connectivity index (χ2v) is 5.62. The SMILES string of the molecule is CSc1nc(NN)cc(NCC(C)c2nccs2)n1. The Labute approximate surface area is 120 Å². The maximum absolute atomic E-state index is 5.39. The van der Waals surface area contributed by atoms with E-state index in [0.717, 1.165) is 17.4 Å². The molecule has 0 aliphatic heterocycles.